The molecule has 12 heteroatoms. The Bertz CT molecular complexity index is 1380. The Labute approximate surface area is 270 Å². The van der Waals surface area contributed by atoms with Crippen molar-refractivity contribution in [3.8, 4) is 5.75 Å². The van der Waals surface area contributed by atoms with Gasteiger partial charge in [0.25, 0.3) is 0 Å². The predicted molar refractivity (Wildman–Crippen MR) is 170 cm³/mol. The van der Waals surface area contributed by atoms with E-state index < -0.39 is 71.6 Å². The Morgan fingerprint density at radius 2 is 1.46 bits per heavy atom. The number of nitrogens with two attached hydrogens (primary N) is 1. The molecule has 12 nitrogen and oxygen atoms in total. The minimum Gasteiger partial charge on any atom is -0.508 e. The summed E-state index contributed by atoms with van der Waals surface area (Å²) >= 11 is 0. The first-order valence-corrected chi connectivity index (χ1v) is 15.4. The Morgan fingerprint density at radius 3 is 1.96 bits per heavy atom. The lowest BCUT2D eigenvalue weighted by atomic mass is 9.87. The fraction of sp³-hybridized carbons (Fsp3) is 0.500. The maximum atomic E-state index is 14.4. The lowest BCUT2D eigenvalue weighted by Gasteiger charge is -2.43. The van der Waals surface area contributed by atoms with Crippen molar-refractivity contribution in [3.05, 3.63) is 65.7 Å². The smallest absolute Gasteiger partial charge is 0.408 e. The van der Waals surface area contributed by atoms with E-state index in [1.165, 1.54) is 29.2 Å². The van der Waals surface area contributed by atoms with Gasteiger partial charge in [-0.25, -0.2) is 9.59 Å². The molecular weight excluding hydrogens is 592 g/mol. The molecule has 46 heavy (non-hydrogen) atoms. The number of primary amides is 1. The molecule has 0 heterocycles. The number of carbonyl (C=O) groups excluding carboxylic acids is 5. The molecule has 2 aromatic carbocycles. The molecule has 0 spiro atoms. The van der Waals surface area contributed by atoms with Gasteiger partial charge >= 0.3 is 12.1 Å². The molecule has 1 saturated carbocycles. The maximum absolute atomic E-state index is 14.4. The lowest BCUT2D eigenvalue weighted by molar-refractivity contribution is -0.159. The van der Waals surface area contributed by atoms with E-state index in [0.29, 0.717) is 18.4 Å². The van der Waals surface area contributed by atoms with Gasteiger partial charge in [-0.1, -0.05) is 42.5 Å². The molecule has 0 aromatic heterocycles. The van der Waals surface area contributed by atoms with Crippen molar-refractivity contribution in [1.29, 1.82) is 0 Å². The molecular formula is C34H46N4O8. The number of aromatic hydroxyl groups is 1. The number of nitrogens with one attached hydrogen (secondary N) is 2. The van der Waals surface area contributed by atoms with Crippen LogP contribution in [0, 0.1) is 0 Å². The van der Waals surface area contributed by atoms with Gasteiger partial charge in [-0.05, 0) is 84.1 Å². The van der Waals surface area contributed by atoms with E-state index >= 15 is 0 Å². The lowest BCUT2D eigenvalue weighted by Crippen LogP contribution is -2.59. The molecule has 0 bridgehead atoms. The summed E-state index contributed by atoms with van der Waals surface area (Å²) in [6.45, 7) is 10.1. The molecule has 1 aliphatic rings. The van der Waals surface area contributed by atoms with Crippen LogP contribution in [0.4, 0.5) is 4.79 Å². The van der Waals surface area contributed by atoms with Gasteiger partial charge in [0.15, 0.2) is 0 Å². The number of hydrogen-bond acceptors (Lipinski definition) is 8. The number of ether oxygens (including phenoxy) is 2. The van der Waals surface area contributed by atoms with E-state index in [0.717, 1.165) is 12.0 Å². The van der Waals surface area contributed by atoms with Gasteiger partial charge in [-0.2, -0.15) is 0 Å². The number of alkyl carbamates (subject to hydrolysis) is 1. The monoisotopic (exact) mass is 638 g/mol. The summed E-state index contributed by atoms with van der Waals surface area (Å²) < 4.78 is 11.0. The molecule has 2 aromatic rings. The maximum Gasteiger partial charge on any atom is 0.408 e. The van der Waals surface area contributed by atoms with Crippen LogP contribution in [0.5, 0.6) is 5.75 Å². The normalized spacial score (nSPS) is 15.3. The first kappa shape index (κ1) is 35.9. The number of phenols is 1. The number of rotatable bonds is 12. The minimum atomic E-state index is -1.44. The van der Waals surface area contributed by atoms with Crippen LogP contribution in [0.25, 0.3) is 0 Å². The average Bonchev–Trinajstić information content (AvgIpc) is 2.90. The third-order valence-corrected chi connectivity index (χ3v) is 7.14. The van der Waals surface area contributed by atoms with Gasteiger partial charge in [0.05, 0.1) is 6.42 Å². The van der Waals surface area contributed by atoms with Crippen LogP contribution in [0.3, 0.4) is 0 Å². The van der Waals surface area contributed by atoms with Crippen molar-refractivity contribution >= 4 is 29.8 Å². The van der Waals surface area contributed by atoms with Gasteiger partial charge in [-0.15, -0.1) is 0 Å². The van der Waals surface area contributed by atoms with Crippen LogP contribution in [0.1, 0.15) is 84.4 Å². The van der Waals surface area contributed by atoms with Gasteiger partial charge in [-0.3, -0.25) is 14.4 Å². The van der Waals surface area contributed by atoms with Crippen molar-refractivity contribution in [2.24, 2.45) is 5.73 Å². The highest BCUT2D eigenvalue weighted by atomic mass is 16.6. The van der Waals surface area contributed by atoms with E-state index in [9.17, 15) is 29.1 Å². The zero-order valence-corrected chi connectivity index (χ0v) is 27.4. The summed E-state index contributed by atoms with van der Waals surface area (Å²) in [5.74, 6) is -2.97. The standard InChI is InChI=1S/C34H46N4O8/c1-33(2,3)45-31(43)26(19-21-11-8-7-9-12-21)36-29(41)28(22-15-17-24(39)18-16-22)38(23-13-10-14-23)30(42)25(20-27(35)40)37-32(44)46-34(4,5)6/h7-9,11-12,15-18,23,25-26,28,39H,10,13-14,19-20H2,1-6H3,(H2,35,40)(H,36,41)(H,37,44). The van der Waals surface area contributed by atoms with E-state index in [1.807, 2.05) is 30.3 Å². The predicted octanol–water partition coefficient (Wildman–Crippen LogP) is 3.65. The molecule has 1 aliphatic carbocycles. The zero-order valence-electron chi connectivity index (χ0n) is 27.4. The van der Waals surface area contributed by atoms with Crippen LogP contribution in [0.2, 0.25) is 0 Å². The minimum absolute atomic E-state index is 0.0571. The Morgan fingerprint density at radius 1 is 0.870 bits per heavy atom. The summed E-state index contributed by atoms with van der Waals surface area (Å²) in [7, 11) is 0. The second-order valence-corrected chi connectivity index (χ2v) is 13.5. The quantitative estimate of drug-likeness (QED) is 0.255. The summed E-state index contributed by atoms with van der Waals surface area (Å²) in [6, 6.07) is 10.6. The molecule has 4 amide bonds. The highest BCUT2D eigenvalue weighted by Crippen LogP contribution is 2.34. The second kappa shape index (κ2) is 15.1. The van der Waals surface area contributed by atoms with Gasteiger partial charge < -0.3 is 35.8 Å². The highest BCUT2D eigenvalue weighted by Gasteiger charge is 2.43. The molecule has 0 aliphatic heterocycles. The average molecular weight is 639 g/mol. The van der Waals surface area contributed by atoms with E-state index in [2.05, 4.69) is 10.6 Å². The molecule has 3 atom stereocenters. The van der Waals surface area contributed by atoms with E-state index in [1.54, 1.807) is 41.5 Å². The van der Waals surface area contributed by atoms with Crippen molar-refractivity contribution in [2.75, 3.05) is 0 Å². The molecule has 3 unspecified atom stereocenters. The van der Waals surface area contributed by atoms with Gasteiger partial charge in [0, 0.05) is 12.5 Å². The topological polar surface area (TPSA) is 177 Å². The fourth-order valence-corrected chi connectivity index (χ4v) is 4.98. The largest absolute Gasteiger partial charge is 0.508 e. The molecule has 0 radical (unpaired) electrons. The second-order valence-electron chi connectivity index (χ2n) is 13.5. The van der Waals surface area contributed by atoms with Gasteiger partial charge in [0.1, 0.15) is 35.1 Å². The highest BCUT2D eigenvalue weighted by molar-refractivity contribution is 5.96. The number of carbonyl (C=O) groups is 5. The third kappa shape index (κ3) is 10.8. The van der Waals surface area contributed by atoms with Crippen LogP contribution in [-0.4, -0.2) is 69.1 Å². The Balaban J connectivity index is 2.06. The zero-order chi connectivity index (χ0) is 34.2. The summed E-state index contributed by atoms with van der Waals surface area (Å²) in [6.07, 6.45) is 0.545. The number of hydrogen-bond donors (Lipinski definition) is 4. The molecule has 1 fully saturated rings. The molecule has 3 rings (SSSR count). The third-order valence-electron chi connectivity index (χ3n) is 7.14. The Kier molecular flexibility index (Phi) is 11.8. The van der Waals surface area contributed by atoms with E-state index in [4.69, 9.17) is 15.2 Å². The van der Waals surface area contributed by atoms with Crippen LogP contribution in [-0.2, 0) is 35.1 Å². The molecule has 0 saturated heterocycles. The van der Waals surface area contributed by atoms with Crippen molar-refractivity contribution in [3.63, 3.8) is 0 Å². The van der Waals surface area contributed by atoms with E-state index in [-0.39, 0.29) is 12.2 Å². The molecule has 250 valence electrons. The summed E-state index contributed by atoms with van der Waals surface area (Å²) in [5, 5.41) is 15.3. The first-order chi connectivity index (χ1) is 21.4. The molecule has 5 N–H and O–H groups in total. The number of phenolic OH excluding ortho intramolecular Hbond substituents is 1. The SMILES string of the molecule is CC(C)(C)OC(=O)NC(CC(N)=O)C(=O)N(C1CCC1)C(C(=O)NC(Cc1ccccc1)C(=O)OC(C)(C)C)c1ccc(O)cc1. The van der Waals surface area contributed by atoms with Crippen molar-refractivity contribution < 1.29 is 38.6 Å². The van der Waals surface area contributed by atoms with Crippen molar-refractivity contribution in [2.45, 2.75) is 109 Å². The first-order valence-electron chi connectivity index (χ1n) is 15.4. The van der Waals surface area contributed by atoms with Crippen molar-refractivity contribution in [1.82, 2.24) is 15.5 Å². The van der Waals surface area contributed by atoms with Crippen LogP contribution >= 0.6 is 0 Å². The number of amides is 4. The summed E-state index contributed by atoms with van der Waals surface area (Å²) in [4.78, 5) is 68.3. The number of nitrogens with zero attached hydrogens (tertiary/aromatic N) is 1. The Hall–Kier alpha value is -4.61. The van der Waals surface area contributed by atoms with Crippen LogP contribution in [0.15, 0.2) is 54.6 Å². The fourth-order valence-electron chi connectivity index (χ4n) is 4.98. The number of benzene rings is 2. The van der Waals surface area contributed by atoms with Crippen LogP contribution < -0.4 is 16.4 Å². The summed E-state index contributed by atoms with van der Waals surface area (Å²) in [5.41, 5.74) is 4.87. The van der Waals surface area contributed by atoms with Gasteiger partial charge in [0.2, 0.25) is 17.7 Å². The number of esters is 1.